The number of rotatable bonds is 8. The van der Waals surface area contributed by atoms with Crippen LogP contribution in [0.25, 0.3) is 0 Å². The minimum atomic E-state index is -0.492. The van der Waals surface area contributed by atoms with Crippen molar-refractivity contribution in [2.45, 2.75) is 46.5 Å². The first kappa shape index (κ1) is 16.3. The van der Waals surface area contributed by atoms with Crippen molar-refractivity contribution >= 4 is 17.3 Å². The van der Waals surface area contributed by atoms with Crippen LogP contribution >= 0.6 is 0 Å². The van der Waals surface area contributed by atoms with Gasteiger partial charge in [-0.1, -0.05) is 40.0 Å². The molecule has 0 saturated heterocycles. The smallest absolute Gasteiger partial charge is 0.250 e. The van der Waals surface area contributed by atoms with Crippen LogP contribution < -0.4 is 16.8 Å². The number of nitrogens with two attached hydrogens (primary N) is 2. The Hall–Kier alpha value is -1.71. The molecule has 0 spiro atoms. The Morgan fingerprint density at radius 3 is 2.60 bits per heavy atom. The van der Waals surface area contributed by atoms with Crippen LogP contribution in [0.2, 0.25) is 0 Å². The summed E-state index contributed by atoms with van der Waals surface area (Å²) in [6, 6.07) is 5.32. The first-order valence-corrected chi connectivity index (χ1v) is 7.29. The maximum absolute atomic E-state index is 11.3. The van der Waals surface area contributed by atoms with Gasteiger partial charge in [-0.25, -0.2) is 0 Å². The van der Waals surface area contributed by atoms with Crippen LogP contribution in [0.4, 0.5) is 11.4 Å². The lowest BCUT2D eigenvalue weighted by atomic mass is 9.87. The molecule has 0 fully saturated rings. The maximum atomic E-state index is 11.3. The van der Waals surface area contributed by atoms with Crippen molar-refractivity contribution in [3.8, 4) is 0 Å². The maximum Gasteiger partial charge on any atom is 0.250 e. The van der Waals surface area contributed by atoms with E-state index >= 15 is 0 Å². The Kier molecular flexibility index (Phi) is 5.86. The van der Waals surface area contributed by atoms with Gasteiger partial charge in [-0.2, -0.15) is 0 Å². The fourth-order valence-electron chi connectivity index (χ4n) is 2.16. The molecule has 5 N–H and O–H groups in total. The topological polar surface area (TPSA) is 81.1 Å². The van der Waals surface area contributed by atoms with E-state index in [9.17, 15) is 4.79 Å². The van der Waals surface area contributed by atoms with Gasteiger partial charge in [0.1, 0.15) is 0 Å². The minimum Gasteiger partial charge on any atom is -0.398 e. The zero-order valence-electron chi connectivity index (χ0n) is 12.8. The average molecular weight is 277 g/mol. The van der Waals surface area contributed by atoms with E-state index < -0.39 is 5.91 Å². The summed E-state index contributed by atoms with van der Waals surface area (Å²) in [6.07, 6.45) is 4.95. The third kappa shape index (κ3) is 5.11. The lowest BCUT2D eigenvalue weighted by molar-refractivity contribution is 0.100. The lowest BCUT2D eigenvalue weighted by Gasteiger charge is -2.25. The molecule has 0 unspecified atom stereocenters. The Balaban J connectivity index is 2.61. The number of amides is 1. The molecule has 1 aromatic carbocycles. The van der Waals surface area contributed by atoms with Crippen LogP contribution in [0, 0.1) is 5.41 Å². The van der Waals surface area contributed by atoms with Crippen molar-refractivity contribution in [2.24, 2.45) is 11.1 Å². The molecule has 0 aliphatic heterocycles. The fourth-order valence-corrected chi connectivity index (χ4v) is 2.16. The van der Waals surface area contributed by atoms with E-state index in [0.717, 1.165) is 12.2 Å². The molecular formula is C16H27N3O. The molecule has 1 aromatic rings. The van der Waals surface area contributed by atoms with Crippen molar-refractivity contribution in [1.82, 2.24) is 0 Å². The van der Waals surface area contributed by atoms with Crippen molar-refractivity contribution in [2.75, 3.05) is 17.6 Å². The third-order valence-electron chi connectivity index (χ3n) is 3.55. The Morgan fingerprint density at radius 1 is 1.30 bits per heavy atom. The van der Waals surface area contributed by atoms with E-state index in [-0.39, 0.29) is 5.41 Å². The van der Waals surface area contributed by atoms with Gasteiger partial charge in [0.25, 0.3) is 5.91 Å². The van der Waals surface area contributed by atoms with Gasteiger partial charge in [-0.15, -0.1) is 0 Å². The summed E-state index contributed by atoms with van der Waals surface area (Å²) in [5.74, 6) is -0.492. The fraction of sp³-hybridized carbons (Fsp3) is 0.562. The number of benzene rings is 1. The number of hydrogen-bond acceptors (Lipinski definition) is 3. The predicted molar refractivity (Wildman–Crippen MR) is 85.8 cm³/mol. The number of hydrogen-bond donors (Lipinski definition) is 3. The van der Waals surface area contributed by atoms with E-state index in [2.05, 4.69) is 26.1 Å². The van der Waals surface area contributed by atoms with Gasteiger partial charge in [0.05, 0.1) is 5.56 Å². The number of anilines is 2. The Bertz CT molecular complexity index is 455. The number of carbonyl (C=O) groups excluding carboxylic acids is 1. The Morgan fingerprint density at radius 2 is 2.00 bits per heavy atom. The van der Waals surface area contributed by atoms with Crippen LogP contribution in [-0.4, -0.2) is 12.5 Å². The van der Waals surface area contributed by atoms with Crippen molar-refractivity contribution in [3.05, 3.63) is 23.8 Å². The second-order valence-electron chi connectivity index (χ2n) is 6.14. The molecule has 20 heavy (non-hydrogen) atoms. The van der Waals surface area contributed by atoms with Crippen molar-refractivity contribution in [1.29, 1.82) is 0 Å². The van der Waals surface area contributed by atoms with Gasteiger partial charge in [0.2, 0.25) is 0 Å². The molecular weight excluding hydrogens is 250 g/mol. The van der Waals surface area contributed by atoms with Gasteiger partial charge in [0, 0.05) is 17.9 Å². The van der Waals surface area contributed by atoms with Crippen molar-refractivity contribution < 1.29 is 4.79 Å². The molecule has 1 amide bonds. The van der Waals surface area contributed by atoms with Gasteiger partial charge in [-0.05, 0) is 30.0 Å². The zero-order chi connectivity index (χ0) is 15.2. The molecule has 0 aliphatic carbocycles. The Labute approximate surface area is 121 Å². The molecule has 4 heteroatoms. The molecule has 4 nitrogen and oxygen atoms in total. The standard InChI is InChI=1S/C16H27N3O/c1-4-5-6-9-16(2,3)11-19-12-7-8-14(17)13(10-12)15(18)20/h7-8,10,19H,4-6,9,11,17H2,1-3H3,(H2,18,20). The predicted octanol–water partition coefficient (Wildman–Crippen LogP) is 3.39. The summed E-state index contributed by atoms with van der Waals surface area (Å²) in [5, 5.41) is 3.37. The van der Waals surface area contributed by atoms with E-state index in [1.54, 1.807) is 12.1 Å². The highest BCUT2D eigenvalue weighted by molar-refractivity contribution is 5.98. The molecule has 0 radical (unpaired) electrons. The van der Waals surface area contributed by atoms with Crippen LogP contribution in [0.1, 0.15) is 56.8 Å². The van der Waals surface area contributed by atoms with Crippen molar-refractivity contribution in [3.63, 3.8) is 0 Å². The van der Waals surface area contributed by atoms with Gasteiger partial charge >= 0.3 is 0 Å². The SMILES string of the molecule is CCCCCC(C)(C)CNc1ccc(N)c(C(N)=O)c1. The largest absolute Gasteiger partial charge is 0.398 e. The highest BCUT2D eigenvalue weighted by atomic mass is 16.1. The number of primary amides is 1. The van der Waals surface area contributed by atoms with E-state index in [0.29, 0.717) is 11.3 Å². The van der Waals surface area contributed by atoms with Crippen LogP contribution in [-0.2, 0) is 0 Å². The van der Waals surface area contributed by atoms with E-state index in [1.807, 2.05) is 6.07 Å². The summed E-state index contributed by atoms with van der Waals surface area (Å²) in [6.45, 7) is 7.58. The lowest BCUT2D eigenvalue weighted by Crippen LogP contribution is -2.23. The normalized spacial score (nSPS) is 11.3. The summed E-state index contributed by atoms with van der Waals surface area (Å²) >= 11 is 0. The summed E-state index contributed by atoms with van der Waals surface area (Å²) in [7, 11) is 0. The van der Waals surface area contributed by atoms with E-state index in [4.69, 9.17) is 11.5 Å². The molecule has 0 aliphatic rings. The molecule has 0 bridgehead atoms. The molecule has 0 atom stereocenters. The first-order valence-electron chi connectivity index (χ1n) is 7.29. The van der Waals surface area contributed by atoms with Gasteiger partial charge in [-0.3, -0.25) is 4.79 Å². The highest BCUT2D eigenvalue weighted by Gasteiger charge is 2.17. The molecule has 0 heterocycles. The molecule has 1 rings (SSSR count). The number of nitrogens with one attached hydrogen (secondary N) is 1. The quantitative estimate of drug-likeness (QED) is 0.503. The average Bonchev–Trinajstić information content (AvgIpc) is 2.37. The van der Waals surface area contributed by atoms with Crippen LogP contribution in [0.3, 0.4) is 0 Å². The second-order valence-corrected chi connectivity index (χ2v) is 6.14. The van der Waals surface area contributed by atoms with Gasteiger partial charge in [0.15, 0.2) is 0 Å². The van der Waals surface area contributed by atoms with Crippen LogP contribution in [0.5, 0.6) is 0 Å². The van der Waals surface area contributed by atoms with Gasteiger partial charge < -0.3 is 16.8 Å². The molecule has 0 saturated carbocycles. The summed E-state index contributed by atoms with van der Waals surface area (Å²) in [4.78, 5) is 11.3. The van der Waals surface area contributed by atoms with E-state index in [1.165, 1.54) is 25.7 Å². The first-order chi connectivity index (χ1) is 9.35. The monoisotopic (exact) mass is 277 g/mol. The van der Waals surface area contributed by atoms with Crippen LogP contribution in [0.15, 0.2) is 18.2 Å². The third-order valence-corrected chi connectivity index (χ3v) is 3.55. The number of carbonyl (C=O) groups is 1. The second kappa shape index (κ2) is 7.17. The highest BCUT2D eigenvalue weighted by Crippen LogP contribution is 2.25. The summed E-state index contributed by atoms with van der Waals surface area (Å²) in [5.41, 5.74) is 12.9. The molecule has 0 aromatic heterocycles. The molecule has 112 valence electrons. The zero-order valence-corrected chi connectivity index (χ0v) is 12.8. The number of nitrogen functional groups attached to an aromatic ring is 1. The number of unbranched alkanes of at least 4 members (excludes halogenated alkanes) is 2. The minimum absolute atomic E-state index is 0.226. The summed E-state index contributed by atoms with van der Waals surface area (Å²) < 4.78 is 0.